The van der Waals surface area contributed by atoms with Gasteiger partial charge in [-0.2, -0.15) is 0 Å². The van der Waals surface area contributed by atoms with Gasteiger partial charge in [-0.05, 0) is 48.6 Å². The lowest BCUT2D eigenvalue weighted by Crippen LogP contribution is -2.35. The molecule has 0 radical (unpaired) electrons. The van der Waals surface area contributed by atoms with Crippen LogP contribution >= 0.6 is 11.3 Å². The summed E-state index contributed by atoms with van der Waals surface area (Å²) in [5.74, 6) is -0.741. The van der Waals surface area contributed by atoms with Gasteiger partial charge >= 0.3 is 0 Å². The minimum atomic E-state index is -3.86. The van der Waals surface area contributed by atoms with E-state index < -0.39 is 15.9 Å². The van der Waals surface area contributed by atoms with Gasteiger partial charge in [0.25, 0.3) is 21.8 Å². The van der Waals surface area contributed by atoms with Crippen molar-refractivity contribution in [2.75, 3.05) is 13.1 Å². The van der Waals surface area contributed by atoms with Gasteiger partial charge in [-0.15, -0.1) is 11.3 Å². The molecule has 6 nitrogen and oxygen atoms in total. The second kappa shape index (κ2) is 5.67. The van der Waals surface area contributed by atoms with Crippen molar-refractivity contribution in [3.8, 4) is 0 Å². The van der Waals surface area contributed by atoms with Crippen LogP contribution < -0.4 is 0 Å². The van der Waals surface area contributed by atoms with E-state index in [0.717, 1.165) is 16.3 Å². The fourth-order valence-electron chi connectivity index (χ4n) is 3.33. The highest BCUT2D eigenvalue weighted by atomic mass is 32.2. The molecular weight excluding hydrogens is 360 g/mol. The number of nitrogens with zero attached hydrogens (tertiary/aromatic N) is 2. The number of amides is 2. The predicted octanol–water partition coefficient (Wildman–Crippen LogP) is 2.11. The van der Waals surface area contributed by atoms with Gasteiger partial charge in [-0.25, -0.2) is 12.7 Å². The highest BCUT2D eigenvalue weighted by Gasteiger charge is 2.40. The Morgan fingerprint density at radius 2 is 2.08 bits per heavy atom. The van der Waals surface area contributed by atoms with Crippen molar-refractivity contribution in [2.24, 2.45) is 0 Å². The quantitative estimate of drug-likeness (QED) is 0.805. The number of carbonyl (C=O) groups excluding carboxylic acids is 2. The van der Waals surface area contributed by atoms with Gasteiger partial charge in [0.2, 0.25) is 0 Å². The molecule has 0 N–H and O–H groups in total. The van der Waals surface area contributed by atoms with Gasteiger partial charge in [0, 0.05) is 30.1 Å². The second-order valence-corrected chi connectivity index (χ2v) is 8.86. The van der Waals surface area contributed by atoms with E-state index >= 15 is 0 Å². The Labute approximate surface area is 149 Å². The van der Waals surface area contributed by atoms with Crippen LogP contribution in [-0.4, -0.2) is 42.5 Å². The smallest absolute Gasteiger partial charge is 0.268 e. The Morgan fingerprint density at radius 3 is 2.84 bits per heavy atom. The summed E-state index contributed by atoms with van der Waals surface area (Å²) in [5.41, 5.74) is 1.58. The van der Waals surface area contributed by atoms with Gasteiger partial charge in [0.05, 0.1) is 5.56 Å². The molecule has 0 fully saturated rings. The van der Waals surface area contributed by atoms with Crippen molar-refractivity contribution in [3.05, 3.63) is 51.2 Å². The highest BCUT2D eigenvalue weighted by Crippen LogP contribution is 2.32. The minimum Gasteiger partial charge on any atom is -0.334 e. The molecule has 3 heterocycles. The SMILES string of the molecule is CCN1C(=O)c2ccc(C(=O)N3CCc4sccc4C3)cc2S1(=O)=O. The molecule has 0 atom stereocenters. The van der Waals surface area contributed by atoms with Gasteiger partial charge in [-0.3, -0.25) is 9.59 Å². The fourth-order valence-corrected chi connectivity index (χ4v) is 5.82. The number of hydrogen-bond acceptors (Lipinski definition) is 5. The molecule has 2 aromatic rings. The molecule has 2 amide bonds. The third-order valence-electron chi connectivity index (χ3n) is 4.64. The molecule has 0 unspecified atom stereocenters. The largest absolute Gasteiger partial charge is 0.334 e. The van der Waals surface area contributed by atoms with Crippen molar-refractivity contribution in [1.29, 1.82) is 0 Å². The predicted molar refractivity (Wildman–Crippen MR) is 93.1 cm³/mol. The van der Waals surface area contributed by atoms with E-state index in [1.165, 1.54) is 23.1 Å². The molecule has 25 heavy (non-hydrogen) atoms. The first kappa shape index (κ1) is 16.3. The molecular formula is C17H16N2O4S2. The van der Waals surface area contributed by atoms with Crippen LogP contribution in [0.5, 0.6) is 0 Å². The third-order valence-corrected chi connectivity index (χ3v) is 7.56. The molecule has 8 heteroatoms. The van der Waals surface area contributed by atoms with Gasteiger partial charge in [-0.1, -0.05) is 0 Å². The number of thiophene rings is 1. The van der Waals surface area contributed by atoms with Crippen LogP contribution in [0.3, 0.4) is 0 Å². The van der Waals surface area contributed by atoms with Gasteiger partial charge in [0.1, 0.15) is 4.90 Å². The molecule has 2 aliphatic heterocycles. The van der Waals surface area contributed by atoms with Crippen LogP contribution in [0.1, 0.15) is 38.1 Å². The maximum atomic E-state index is 12.8. The summed E-state index contributed by atoms with van der Waals surface area (Å²) in [6.45, 7) is 2.82. The van der Waals surface area contributed by atoms with Crippen LogP contribution in [0.2, 0.25) is 0 Å². The zero-order chi connectivity index (χ0) is 17.8. The number of hydrogen-bond donors (Lipinski definition) is 0. The molecule has 1 aromatic carbocycles. The van der Waals surface area contributed by atoms with Gasteiger partial charge in [0.15, 0.2) is 0 Å². The second-order valence-electron chi connectivity index (χ2n) is 6.03. The third kappa shape index (κ3) is 2.39. The fraction of sp³-hybridized carbons (Fsp3) is 0.294. The van der Waals surface area contributed by atoms with Crippen molar-refractivity contribution in [3.63, 3.8) is 0 Å². The van der Waals surface area contributed by atoms with Crippen molar-refractivity contribution >= 4 is 33.2 Å². The molecule has 0 bridgehead atoms. The normalized spacial score (nSPS) is 18.2. The summed E-state index contributed by atoms with van der Waals surface area (Å²) in [7, 11) is -3.86. The molecule has 4 rings (SSSR count). The number of sulfonamides is 1. The molecule has 0 saturated carbocycles. The zero-order valence-electron chi connectivity index (χ0n) is 13.6. The lowest BCUT2D eigenvalue weighted by Gasteiger charge is -2.27. The standard InChI is InChI=1S/C17H16N2O4S2/c1-2-19-17(21)13-4-3-11(9-15(13)25(19,22)23)16(20)18-7-5-14-12(10-18)6-8-24-14/h3-4,6,8-9H,2,5,7,10H2,1H3. The van der Waals surface area contributed by atoms with Crippen LogP contribution in [0.15, 0.2) is 34.5 Å². The van der Waals surface area contributed by atoms with E-state index in [2.05, 4.69) is 0 Å². The van der Waals surface area contributed by atoms with E-state index in [1.54, 1.807) is 23.2 Å². The molecule has 0 spiro atoms. The van der Waals surface area contributed by atoms with E-state index in [4.69, 9.17) is 0 Å². The molecule has 2 aliphatic rings. The first-order chi connectivity index (χ1) is 11.9. The molecule has 130 valence electrons. The average molecular weight is 376 g/mol. The van der Waals surface area contributed by atoms with E-state index in [0.29, 0.717) is 18.7 Å². The van der Waals surface area contributed by atoms with E-state index in [9.17, 15) is 18.0 Å². The molecule has 1 aromatic heterocycles. The van der Waals surface area contributed by atoms with Crippen molar-refractivity contribution in [2.45, 2.75) is 24.8 Å². The van der Waals surface area contributed by atoms with Crippen molar-refractivity contribution in [1.82, 2.24) is 9.21 Å². The summed E-state index contributed by atoms with van der Waals surface area (Å²) >= 11 is 1.69. The van der Waals surface area contributed by atoms with Crippen LogP contribution in [0.4, 0.5) is 0 Å². The summed E-state index contributed by atoms with van der Waals surface area (Å²) in [6, 6.07) is 6.34. The van der Waals surface area contributed by atoms with Crippen LogP contribution in [0.25, 0.3) is 0 Å². The Balaban J connectivity index is 1.68. The summed E-state index contributed by atoms with van der Waals surface area (Å²) in [6.07, 6.45) is 0.810. The Hall–Kier alpha value is -2.19. The lowest BCUT2D eigenvalue weighted by atomic mass is 10.1. The molecule has 0 aliphatic carbocycles. The molecule has 0 saturated heterocycles. The van der Waals surface area contributed by atoms with Crippen LogP contribution in [-0.2, 0) is 23.0 Å². The maximum Gasteiger partial charge on any atom is 0.268 e. The Kier molecular flexibility index (Phi) is 3.69. The van der Waals surface area contributed by atoms with Crippen LogP contribution in [0, 0.1) is 0 Å². The monoisotopic (exact) mass is 376 g/mol. The topological polar surface area (TPSA) is 74.8 Å². The number of fused-ring (bicyclic) bond motifs is 2. The van der Waals surface area contributed by atoms with Crippen molar-refractivity contribution < 1.29 is 18.0 Å². The lowest BCUT2D eigenvalue weighted by molar-refractivity contribution is 0.0734. The number of benzene rings is 1. The van der Waals surface area contributed by atoms with E-state index in [-0.39, 0.29) is 22.9 Å². The maximum absolute atomic E-state index is 12.8. The minimum absolute atomic E-state index is 0.0709. The Bertz CT molecular complexity index is 994. The Morgan fingerprint density at radius 1 is 1.28 bits per heavy atom. The average Bonchev–Trinajstić information content (AvgIpc) is 3.14. The van der Waals surface area contributed by atoms with Gasteiger partial charge < -0.3 is 4.90 Å². The summed E-state index contributed by atoms with van der Waals surface area (Å²) < 4.78 is 25.8. The number of carbonyl (C=O) groups is 2. The summed E-state index contributed by atoms with van der Waals surface area (Å²) in [5, 5.41) is 2.02. The first-order valence-electron chi connectivity index (χ1n) is 7.99. The zero-order valence-corrected chi connectivity index (χ0v) is 15.2. The highest BCUT2D eigenvalue weighted by molar-refractivity contribution is 7.90. The first-order valence-corrected chi connectivity index (χ1v) is 10.3. The summed E-state index contributed by atoms with van der Waals surface area (Å²) in [4.78, 5) is 27.9. The van der Waals surface area contributed by atoms with E-state index in [1.807, 2.05) is 11.4 Å². The number of rotatable bonds is 2.